The number of hydrogen-bond acceptors (Lipinski definition) is 2. The molecule has 0 rings (SSSR count). The fourth-order valence-corrected chi connectivity index (χ4v) is 0.382. The molecule has 0 aromatic heterocycles. The van der Waals surface area contributed by atoms with Gasteiger partial charge in [0.15, 0.2) is 0 Å². The van der Waals surface area contributed by atoms with E-state index in [1.165, 1.54) is 0 Å². The molecule has 0 bridgehead atoms. The molecule has 0 saturated carbocycles. The van der Waals surface area contributed by atoms with Crippen molar-refractivity contribution in [2.24, 2.45) is 5.73 Å². The molecule has 0 aromatic rings. The number of nitrogens with two attached hydrogens (primary N) is 1. The molecule has 0 aliphatic rings. The quantitative estimate of drug-likeness (QED) is 0.518. The highest BCUT2D eigenvalue weighted by molar-refractivity contribution is 5.91. The maximum Gasteiger partial charge on any atom is 0.244 e. The molecule has 1 amide bonds. The average molecular weight is 129 g/mol. The van der Waals surface area contributed by atoms with Crippen molar-refractivity contribution < 1.29 is 9.90 Å². The number of amides is 1. The van der Waals surface area contributed by atoms with Gasteiger partial charge in [0.25, 0.3) is 0 Å². The monoisotopic (exact) mass is 129 g/mol. The minimum Gasteiger partial charge on any atom is -0.396 e. The van der Waals surface area contributed by atoms with E-state index < -0.39 is 5.91 Å². The zero-order valence-electron chi connectivity index (χ0n) is 5.42. The molecule has 9 heavy (non-hydrogen) atoms. The third-order valence-corrected chi connectivity index (χ3v) is 0.968. The van der Waals surface area contributed by atoms with Crippen molar-refractivity contribution in [3.05, 3.63) is 11.6 Å². The summed E-state index contributed by atoms with van der Waals surface area (Å²) < 4.78 is 0. The lowest BCUT2D eigenvalue weighted by Gasteiger charge is -1.90. The Morgan fingerprint density at radius 1 is 1.78 bits per heavy atom. The van der Waals surface area contributed by atoms with E-state index in [1.807, 2.05) is 0 Å². The highest BCUT2D eigenvalue weighted by atomic mass is 16.2. The van der Waals surface area contributed by atoms with Crippen LogP contribution in [0.2, 0.25) is 0 Å². The van der Waals surface area contributed by atoms with Crippen LogP contribution in [0.3, 0.4) is 0 Å². The number of aliphatic hydroxyl groups is 1. The van der Waals surface area contributed by atoms with Crippen molar-refractivity contribution in [2.45, 2.75) is 13.3 Å². The van der Waals surface area contributed by atoms with Gasteiger partial charge in [-0.15, -0.1) is 0 Å². The molecule has 0 fully saturated rings. The van der Waals surface area contributed by atoms with Crippen molar-refractivity contribution in [1.29, 1.82) is 0 Å². The molecule has 0 aliphatic carbocycles. The van der Waals surface area contributed by atoms with Crippen molar-refractivity contribution in [1.82, 2.24) is 0 Å². The highest BCUT2D eigenvalue weighted by Crippen LogP contribution is 1.91. The molecule has 0 aliphatic heterocycles. The Hall–Kier alpha value is -0.830. The second-order valence-electron chi connectivity index (χ2n) is 1.76. The lowest BCUT2D eigenvalue weighted by molar-refractivity contribution is -0.114. The van der Waals surface area contributed by atoms with Gasteiger partial charge in [-0.05, 0) is 13.3 Å². The number of carbonyl (C=O) groups is 1. The van der Waals surface area contributed by atoms with E-state index in [2.05, 4.69) is 0 Å². The SMILES string of the molecule is C/C(=C\CCO)C(N)=O. The molecule has 0 saturated heterocycles. The van der Waals surface area contributed by atoms with Crippen molar-refractivity contribution in [2.75, 3.05) is 6.61 Å². The second-order valence-corrected chi connectivity index (χ2v) is 1.76. The zero-order valence-corrected chi connectivity index (χ0v) is 5.42. The number of rotatable bonds is 3. The van der Waals surface area contributed by atoms with Crippen LogP contribution < -0.4 is 5.73 Å². The molecule has 52 valence electrons. The van der Waals surface area contributed by atoms with E-state index in [0.717, 1.165) is 0 Å². The molecule has 3 nitrogen and oxygen atoms in total. The zero-order chi connectivity index (χ0) is 7.28. The minimum atomic E-state index is -0.427. The second kappa shape index (κ2) is 4.09. The lowest BCUT2D eigenvalue weighted by Crippen LogP contribution is -2.11. The summed E-state index contributed by atoms with van der Waals surface area (Å²) in [6.07, 6.45) is 2.11. The third-order valence-electron chi connectivity index (χ3n) is 0.968. The summed E-state index contributed by atoms with van der Waals surface area (Å²) in [5.74, 6) is -0.427. The van der Waals surface area contributed by atoms with Crippen LogP contribution >= 0.6 is 0 Å². The predicted molar refractivity (Wildman–Crippen MR) is 34.7 cm³/mol. The smallest absolute Gasteiger partial charge is 0.244 e. The Morgan fingerprint density at radius 3 is 2.67 bits per heavy atom. The predicted octanol–water partition coefficient (Wildman–Crippen LogP) is -0.200. The van der Waals surface area contributed by atoms with Crippen molar-refractivity contribution >= 4 is 5.91 Å². The van der Waals surface area contributed by atoms with E-state index in [4.69, 9.17) is 10.8 Å². The van der Waals surface area contributed by atoms with Crippen LogP contribution in [-0.4, -0.2) is 17.6 Å². The van der Waals surface area contributed by atoms with Crippen LogP contribution in [0.15, 0.2) is 11.6 Å². The summed E-state index contributed by atoms with van der Waals surface area (Å²) >= 11 is 0. The topological polar surface area (TPSA) is 63.3 Å². The summed E-state index contributed by atoms with van der Waals surface area (Å²) in [7, 11) is 0. The van der Waals surface area contributed by atoms with Gasteiger partial charge < -0.3 is 10.8 Å². The summed E-state index contributed by atoms with van der Waals surface area (Å²) in [6, 6.07) is 0. The molecule has 0 spiro atoms. The van der Waals surface area contributed by atoms with Crippen molar-refractivity contribution in [3.8, 4) is 0 Å². The van der Waals surface area contributed by atoms with Gasteiger partial charge in [0.2, 0.25) is 5.91 Å². The van der Waals surface area contributed by atoms with E-state index >= 15 is 0 Å². The molecule has 3 heteroatoms. The molecule has 0 atom stereocenters. The van der Waals surface area contributed by atoms with Gasteiger partial charge in [0, 0.05) is 12.2 Å². The van der Waals surface area contributed by atoms with Crippen LogP contribution in [0.5, 0.6) is 0 Å². The first-order valence-electron chi connectivity index (χ1n) is 2.76. The molecule has 0 unspecified atom stereocenters. The Kier molecular flexibility index (Phi) is 3.71. The Morgan fingerprint density at radius 2 is 2.33 bits per heavy atom. The standard InChI is InChI=1S/C6H11NO2/c1-5(6(7)9)3-2-4-8/h3,8H,2,4H2,1H3,(H2,7,9)/b5-3+. The van der Waals surface area contributed by atoms with Gasteiger partial charge in [-0.3, -0.25) is 4.79 Å². The fraction of sp³-hybridized carbons (Fsp3) is 0.500. The number of aliphatic hydroxyl groups excluding tert-OH is 1. The Balaban J connectivity index is 3.69. The summed E-state index contributed by atoms with van der Waals surface area (Å²) in [4.78, 5) is 10.3. The van der Waals surface area contributed by atoms with Crippen molar-refractivity contribution in [3.63, 3.8) is 0 Å². The first kappa shape index (κ1) is 8.17. The lowest BCUT2D eigenvalue weighted by atomic mass is 10.2. The van der Waals surface area contributed by atoms with Gasteiger partial charge in [-0.25, -0.2) is 0 Å². The van der Waals surface area contributed by atoms with Crippen LogP contribution in [0.25, 0.3) is 0 Å². The van der Waals surface area contributed by atoms with Gasteiger partial charge in [-0.2, -0.15) is 0 Å². The third kappa shape index (κ3) is 3.73. The van der Waals surface area contributed by atoms with Gasteiger partial charge >= 0.3 is 0 Å². The molecule has 3 N–H and O–H groups in total. The maximum atomic E-state index is 10.3. The van der Waals surface area contributed by atoms with Crippen LogP contribution in [0.1, 0.15) is 13.3 Å². The molecule has 0 heterocycles. The fourth-order valence-electron chi connectivity index (χ4n) is 0.382. The van der Waals surface area contributed by atoms with Gasteiger partial charge in [0.1, 0.15) is 0 Å². The van der Waals surface area contributed by atoms with Crippen LogP contribution in [0.4, 0.5) is 0 Å². The first-order valence-corrected chi connectivity index (χ1v) is 2.76. The van der Waals surface area contributed by atoms with Crippen LogP contribution in [0, 0.1) is 0 Å². The summed E-state index contributed by atoms with van der Waals surface area (Å²) in [5, 5.41) is 8.30. The first-order chi connectivity index (χ1) is 4.18. The number of primary amides is 1. The molecule has 0 radical (unpaired) electrons. The van der Waals surface area contributed by atoms with Gasteiger partial charge in [0.05, 0.1) is 0 Å². The number of carbonyl (C=O) groups excluding carboxylic acids is 1. The van der Waals surface area contributed by atoms with Crippen LogP contribution in [-0.2, 0) is 4.79 Å². The normalized spacial score (nSPS) is 11.6. The average Bonchev–Trinajstić information content (AvgIpc) is 1.82. The largest absolute Gasteiger partial charge is 0.396 e. The minimum absolute atomic E-state index is 0.0601. The molecular formula is C6H11NO2. The Labute approximate surface area is 54.2 Å². The van der Waals surface area contributed by atoms with E-state index in [-0.39, 0.29) is 6.61 Å². The van der Waals surface area contributed by atoms with Gasteiger partial charge in [-0.1, -0.05) is 6.08 Å². The number of hydrogen-bond donors (Lipinski definition) is 2. The molecular weight excluding hydrogens is 118 g/mol. The molecule has 0 aromatic carbocycles. The maximum absolute atomic E-state index is 10.3. The Bertz CT molecular complexity index is 129. The van der Waals surface area contributed by atoms with E-state index in [1.54, 1.807) is 13.0 Å². The summed E-state index contributed by atoms with van der Waals surface area (Å²) in [5.41, 5.74) is 5.39. The highest BCUT2D eigenvalue weighted by Gasteiger charge is 1.93. The summed E-state index contributed by atoms with van der Waals surface area (Å²) in [6.45, 7) is 1.68. The van der Waals surface area contributed by atoms with E-state index in [9.17, 15) is 4.79 Å². The van der Waals surface area contributed by atoms with E-state index in [0.29, 0.717) is 12.0 Å².